The maximum absolute atomic E-state index is 11.9. The Morgan fingerprint density at radius 3 is 2.63 bits per heavy atom. The number of carbonyl (C=O) groups is 3. The Morgan fingerprint density at radius 1 is 1.42 bits per heavy atom. The zero-order chi connectivity index (χ0) is 14.2. The summed E-state index contributed by atoms with van der Waals surface area (Å²) in [4.78, 5) is 35.4. The lowest BCUT2D eigenvalue weighted by atomic mass is 10.1. The topological polar surface area (TPSA) is 101 Å². The summed E-state index contributed by atoms with van der Waals surface area (Å²) in [5.41, 5.74) is 5.21. The van der Waals surface area contributed by atoms with Crippen molar-refractivity contribution in [3.63, 3.8) is 0 Å². The van der Waals surface area contributed by atoms with E-state index in [0.29, 0.717) is 0 Å². The van der Waals surface area contributed by atoms with Crippen molar-refractivity contribution >= 4 is 35.1 Å². The number of carbonyl (C=O) groups excluding carboxylic acids is 2. The Labute approximate surface area is 113 Å². The van der Waals surface area contributed by atoms with Crippen LogP contribution in [-0.2, 0) is 9.59 Å². The molecule has 7 heteroatoms. The summed E-state index contributed by atoms with van der Waals surface area (Å²) >= 11 is 5.97. The Hall–Kier alpha value is -2.08. The molecular formula is C12H11ClN2O4. The molecule has 1 fully saturated rings. The molecule has 19 heavy (non-hydrogen) atoms. The van der Waals surface area contributed by atoms with Gasteiger partial charge in [0.1, 0.15) is 0 Å². The number of benzene rings is 1. The van der Waals surface area contributed by atoms with Crippen molar-refractivity contribution in [1.82, 2.24) is 0 Å². The van der Waals surface area contributed by atoms with E-state index in [0.717, 1.165) is 0 Å². The van der Waals surface area contributed by atoms with Crippen LogP contribution in [0.2, 0.25) is 5.02 Å². The van der Waals surface area contributed by atoms with Crippen LogP contribution in [0.4, 0.5) is 5.69 Å². The van der Waals surface area contributed by atoms with E-state index in [1.54, 1.807) is 0 Å². The molecule has 2 rings (SSSR count). The summed E-state index contributed by atoms with van der Waals surface area (Å²) in [5, 5.41) is 9.27. The van der Waals surface area contributed by atoms with Gasteiger partial charge in [0, 0.05) is 13.0 Å². The SMILES string of the molecule is NC(=O)C1CC(=O)N(c2c(Cl)cccc2C(=O)O)C1. The molecule has 1 aliphatic rings. The third kappa shape index (κ3) is 2.39. The van der Waals surface area contributed by atoms with Gasteiger partial charge < -0.3 is 15.7 Å². The molecule has 2 amide bonds. The Kier molecular flexibility index (Phi) is 3.44. The van der Waals surface area contributed by atoms with Crippen molar-refractivity contribution in [2.45, 2.75) is 6.42 Å². The van der Waals surface area contributed by atoms with Gasteiger partial charge in [0.25, 0.3) is 0 Å². The highest BCUT2D eigenvalue weighted by atomic mass is 35.5. The molecule has 1 aliphatic heterocycles. The van der Waals surface area contributed by atoms with Crippen LogP contribution < -0.4 is 10.6 Å². The molecule has 0 radical (unpaired) electrons. The molecule has 1 unspecified atom stereocenters. The number of primary amides is 1. The Bertz CT molecular complexity index is 573. The van der Waals surface area contributed by atoms with E-state index in [1.165, 1.54) is 23.1 Å². The molecular weight excluding hydrogens is 272 g/mol. The van der Waals surface area contributed by atoms with Crippen molar-refractivity contribution in [2.75, 3.05) is 11.4 Å². The van der Waals surface area contributed by atoms with Crippen LogP contribution in [0, 0.1) is 5.92 Å². The molecule has 1 heterocycles. The number of amides is 2. The number of nitrogens with two attached hydrogens (primary N) is 1. The maximum Gasteiger partial charge on any atom is 0.337 e. The minimum atomic E-state index is -1.19. The highest BCUT2D eigenvalue weighted by Crippen LogP contribution is 2.34. The Morgan fingerprint density at radius 2 is 2.11 bits per heavy atom. The molecule has 1 saturated heterocycles. The number of carboxylic acids is 1. The van der Waals surface area contributed by atoms with Crippen molar-refractivity contribution in [3.8, 4) is 0 Å². The van der Waals surface area contributed by atoms with Gasteiger partial charge in [0.05, 0.1) is 22.2 Å². The Balaban J connectivity index is 2.45. The first-order valence-corrected chi connectivity index (χ1v) is 5.91. The van der Waals surface area contributed by atoms with Crippen LogP contribution in [0.15, 0.2) is 18.2 Å². The second-order valence-corrected chi connectivity index (χ2v) is 4.66. The molecule has 0 aromatic heterocycles. The normalized spacial score (nSPS) is 18.7. The molecule has 0 aliphatic carbocycles. The molecule has 0 saturated carbocycles. The zero-order valence-electron chi connectivity index (χ0n) is 9.80. The number of hydrogen-bond donors (Lipinski definition) is 2. The fourth-order valence-electron chi connectivity index (χ4n) is 2.08. The van der Waals surface area contributed by atoms with Crippen LogP contribution >= 0.6 is 11.6 Å². The predicted octanol–water partition coefficient (Wildman–Crippen LogP) is 0.876. The van der Waals surface area contributed by atoms with E-state index in [9.17, 15) is 14.4 Å². The summed E-state index contributed by atoms with van der Waals surface area (Å²) in [7, 11) is 0. The van der Waals surface area contributed by atoms with E-state index in [4.69, 9.17) is 22.4 Å². The second-order valence-electron chi connectivity index (χ2n) is 4.25. The second kappa shape index (κ2) is 4.89. The molecule has 100 valence electrons. The van der Waals surface area contributed by atoms with E-state index < -0.39 is 17.8 Å². The summed E-state index contributed by atoms with van der Waals surface area (Å²) in [5.74, 6) is -2.75. The van der Waals surface area contributed by atoms with Crippen LogP contribution in [0.5, 0.6) is 0 Å². The van der Waals surface area contributed by atoms with Gasteiger partial charge in [0.2, 0.25) is 11.8 Å². The molecule has 1 aromatic rings. The quantitative estimate of drug-likeness (QED) is 0.859. The molecule has 3 N–H and O–H groups in total. The molecule has 1 atom stereocenters. The van der Waals surface area contributed by atoms with Crippen LogP contribution in [-0.4, -0.2) is 29.4 Å². The molecule has 6 nitrogen and oxygen atoms in total. The largest absolute Gasteiger partial charge is 0.478 e. The van der Waals surface area contributed by atoms with E-state index >= 15 is 0 Å². The highest BCUT2D eigenvalue weighted by Gasteiger charge is 2.36. The number of rotatable bonds is 3. The van der Waals surface area contributed by atoms with Crippen molar-refractivity contribution < 1.29 is 19.5 Å². The lowest BCUT2D eigenvalue weighted by Gasteiger charge is -2.19. The summed E-state index contributed by atoms with van der Waals surface area (Å²) in [6.45, 7) is 0.0537. The van der Waals surface area contributed by atoms with Crippen molar-refractivity contribution in [1.29, 1.82) is 0 Å². The monoisotopic (exact) mass is 282 g/mol. The van der Waals surface area contributed by atoms with Gasteiger partial charge in [-0.3, -0.25) is 9.59 Å². The first-order chi connectivity index (χ1) is 8.91. The van der Waals surface area contributed by atoms with E-state index in [1.807, 2.05) is 0 Å². The number of hydrogen-bond acceptors (Lipinski definition) is 3. The fourth-order valence-corrected chi connectivity index (χ4v) is 2.35. The number of halogens is 1. The summed E-state index contributed by atoms with van der Waals surface area (Å²) in [6, 6.07) is 4.34. The minimum absolute atomic E-state index is 0.0282. The first kappa shape index (κ1) is 13.4. The fraction of sp³-hybridized carbons (Fsp3) is 0.250. The third-order valence-corrected chi connectivity index (χ3v) is 3.32. The van der Waals surface area contributed by atoms with Crippen LogP contribution in [0.3, 0.4) is 0 Å². The van der Waals surface area contributed by atoms with Gasteiger partial charge >= 0.3 is 5.97 Å². The van der Waals surface area contributed by atoms with E-state index in [2.05, 4.69) is 0 Å². The van der Waals surface area contributed by atoms with Gasteiger partial charge in [-0.25, -0.2) is 4.79 Å². The van der Waals surface area contributed by atoms with E-state index in [-0.39, 0.29) is 35.1 Å². The maximum atomic E-state index is 11.9. The number of carboxylic acid groups (broad SMARTS) is 1. The summed E-state index contributed by atoms with van der Waals surface area (Å²) in [6.07, 6.45) is -0.0282. The van der Waals surface area contributed by atoms with Crippen LogP contribution in [0.25, 0.3) is 0 Å². The standard InChI is InChI=1S/C12H11ClN2O4/c13-8-3-1-2-7(12(18)19)10(8)15-5-6(11(14)17)4-9(15)16/h1-3,6H,4-5H2,(H2,14,17)(H,18,19). The number of anilines is 1. The average Bonchev–Trinajstić information content (AvgIpc) is 2.71. The highest BCUT2D eigenvalue weighted by molar-refractivity contribution is 6.34. The van der Waals surface area contributed by atoms with Gasteiger partial charge in [0.15, 0.2) is 0 Å². The third-order valence-electron chi connectivity index (χ3n) is 3.01. The van der Waals surface area contributed by atoms with Crippen LogP contribution in [0.1, 0.15) is 16.8 Å². The first-order valence-electron chi connectivity index (χ1n) is 5.53. The average molecular weight is 283 g/mol. The molecule has 0 spiro atoms. The molecule has 0 bridgehead atoms. The molecule has 1 aromatic carbocycles. The summed E-state index contributed by atoms with van der Waals surface area (Å²) < 4.78 is 0. The number of para-hydroxylation sites is 1. The van der Waals surface area contributed by atoms with Gasteiger partial charge in [-0.2, -0.15) is 0 Å². The predicted molar refractivity (Wildman–Crippen MR) is 68.1 cm³/mol. The lowest BCUT2D eigenvalue weighted by molar-refractivity contribution is -0.123. The van der Waals surface area contributed by atoms with Crippen molar-refractivity contribution in [3.05, 3.63) is 28.8 Å². The minimum Gasteiger partial charge on any atom is -0.478 e. The number of nitrogens with zero attached hydrogens (tertiary/aromatic N) is 1. The zero-order valence-corrected chi connectivity index (χ0v) is 10.6. The smallest absolute Gasteiger partial charge is 0.337 e. The van der Waals surface area contributed by atoms with Gasteiger partial charge in [-0.1, -0.05) is 17.7 Å². The lowest BCUT2D eigenvalue weighted by Crippen LogP contribution is -2.29. The number of aromatic carboxylic acids is 1. The van der Waals surface area contributed by atoms with Gasteiger partial charge in [-0.15, -0.1) is 0 Å². The van der Waals surface area contributed by atoms with Crippen molar-refractivity contribution in [2.24, 2.45) is 11.7 Å². The van der Waals surface area contributed by atoms with Gasteiger partial charge in [-0.05, 0) is 12.1 Å².